The summed E-state index contributed by atoms with van der Waals surface area (Å²) in [6.45, 7) is 4.27. The molecule has 0 radical (unpaired) electrons. The Labute approximate surface area is 72.9 Å². The molecule has 56 valence electrons. The predicted octanol–water partition coefficient (Wildman–Crippen LogP) is 2.21. The van der Waals surface area contributed by atoms with E-state index in [-0.39, 0.29) is 5.41 Å². The third-order valence-electron chi connectivity index (χ3n) is 1.39. The fourth-order valence-electron chi connectivity index (χ4n) is 0.528. The van der Waals surface area contributed by atoms with Crippen LogP contribution in [0.3, 0.4) is 0 Å². The maximum absolute atomic E-state index is 4.00. The predicted molar refractivity (Wildman–Crippen MR) is 46.7 cm³/mol. The summed E-state index contributed by atoms with van der Waals surface area (Å²) >= 11 is 4.83. The molecule has 0 spiro atoms. The molecule has 0 aromatic carbocycles. The average Bonchev–Trinajstić information content (AvgIpc) is 2.38. The SMILES string of the molecule is CC(C)(CBr)c1csnn1. The van der Waals surface area contributed by atoms with Crippen LogP contribution in [0.2, 0.25) is 0 Å². The summed E-state index contributed by atoms with van der Waals surface area (Å²) < 4.78 is 3.81. The van der Waals surface area contributed by atoms with Crippen LogP contribution in [0.25, 0.3) is 0 Å². The summed E-state index contributed by atoms with van der Waals surface area (Å²) in [5.74, 6) is 0. The number of nitrogens with zero attached hydrogens (tertiary/aromatic N) is 2. The van der Waals surface area contributed by atoms with Crippen molar-refractivity contribution in [1.29, 1.82) is 0 Å². The van der Waals surface area contributed by atoms with E-state index in [1.807, 2.05) is 5.38 Å². The Morgan fingerprint density at radius 3 is 2.80 bits per heavy atom. The van der Waals surface area contributed by atoms with E-state index in [4.69, 9.17) is 0 Å². The van der Waals surface area contributed by atoms with Gasteiger partial charge >= 0.3 is 0 Å². The van der Waals surface area contributed by atoms with Crippen LogP contribution in [0.1, 0.15) is 19.5 Å². The third-order valence-corrected chi connectivity index (χ3v) is 3.29. The molecule has 2 nitrogen and oxygen atoms in total. The minimum absolute atomic E-state index is 0.118. The molecule has 0 saturated carbocycles. The lowest BCUT2D eigenvalue weighted by Gasteiger charge is -2.16. The summed E-state index contributed by atoms with van der Waals surface area (Å²) in [4.78, 5) is 0. The van der Waals surface area contributed by atoms with E-state index in [2.05, 4.69) is 39.4 Å². The zero-order valence-corrected chi connectivity index (χ0v) is 8.37. The number of hydrogen-bond acceptors (Lipinski definition) is 3. The van der Waals surface area contributed by atoms with Gasteiger partial charge in [-0.2, -0.15) is 0 Å². The first-order valence-corrected chi connectivity index (χ1v) is 4.96. The summed E-state index contributed by atoms with van der Waals surface area (Å²) in [7, 11) is 0. The first-order valence-electron chi connectivity index (χ1n) is 3.00. The van der Waals surface area contributed by atoms with Gasteiger partial charge in [0.1, 0.15) is 0 Å². The topological polar surface area (TPSA) is 25.8 Å². The highest BCUT2D eigenvalue weighted by Crippen LogP contribution is 2.23. The van der Waals surface area contributed by atoms with Crippen molar-refractivity contribution in [2.75, 3.05) is 5.33 Å². The van der Waals surface area contributed by atoms with Gasteiger partial charge in [0.15, 0.2) is 0 Å². The highest BCUT2D eigenvalue weighted by atomic mass is 79.9. The maximum Gasteiger partial charge on any atom is 0.0819 e. The molecule has 0 saturated heterocycles. The lowest BCUT2D eigenvalue weighted by atomic mass is 9.93. The Bertz CT molecular complexity index is 196. The van der Waals surface area contributed by atoms with Gasteiger partial charge in [0.25, 0.3) is 0 Å². The molecule has 0 N–H and O–H groups in total. The maximum atomic E-state index is 4.00. The molecule has 0 atom stereocenters. The monoisotopic (exact) mass is 220 g/mol. The van der Waals surface area contributed by atoms with Gasteiger partial charge < -0.3 is 0 Å². The Morgan fingerprint density at radius 1 is 1.70 bits per heavy atom. The van der Waals surface area contributed by atoms with E-state index in [1.54, 1.807) is 0 Å². The largest absolute Gasteiger partial charge is 0.143 e. The molecule has 0 aliphatic heterocycles. The standard InChI is InChI=1S/C6H9BrN2S/c1-6(2,4-7)5-3-10-9-8-5/h3H,4H2,1-2H3. The van der Waals surface area contributed by atoms with E-state index >= 15 is 0 Å². The first-order chi connectivity index (χ1) is 4.67. The van der Waals surface area contributed by atoms with Gasteiger partial charge in [-0.05, 0) is 11.5 Å². The zero-order chi connectivity index (χ0) is 7.61. The van der Waals surface area contributed by atoms with Crippen LogP contribution in [-0.4, -0.2) is 14.9 Å². The van der Waals surface area contributed by atoms with E-state index in [1.165, 1.54) is 11.5 Å². The van der Waals surface area contributed by atoms with Gasteiger partial charge in [-0.3, -0.25) is 0 Å². The van der Waals surface area contributed by atoms with Crippen LogP contribution >= 0.6 is 27.5 Å². The van der Waals surface area contributed by atoms with Crippen molar-refractivity contribution in [1.82, 2.24) is 9.59 Å². The highest BCUT2D eigenvalue weighted by Gasteiger charge is 2.21. The van der Waals surface area contributed by atoms with E-state index in [0.29, 0.717) is 0 Å². The van der Waals surface area contributed by atoms with Crippen LogP contribution in [-0.2, 0) is 5.41 Å². The smallest absolute Gasteiger partial charge is 0.0819 e. The second-order valence-corrected chi connectivity index (χ2v) is 3.98. The molecule has 10 heavy (non-hydrogen) atoms. The van der Waals surface area contributed by atoms with E-state index in [0.717, 1.165) is 11.0 Å². The Morgan fingerprint density at radius 2 is 2.40 bits per heavy atom. The van der Waals surface area contributed by atoms with Gasteiger partial charge in [0.2, 0.25) is 0 Å². The van der Waals surface area contributed by atoms with Gasteiger partial charge in [0.05, 0.1) is 5.69 Å². The molecule has 1 aromatic rings. The molecule has 0 unspecified atom stereocenters. The van der Waals surface area contributed by atoms with Gasteiger partial charge in [-0.1, -0.05) is 34.3 Å². The van der Waals surface area contributed by atoms with Crippen molar-refractivity contribution in [2.24, 2.45) is 0 Å². The summed E-state index contributed by atoms with van der Waals surface area (Å²) in [5.41, 5.74) is 1.18. The van der Waals surface area contributed by atoms with Crippen molar-refractivity contribution in [3.05, 3.63) is 11.1 Å². The molecule has 0 aliphatic rings. The van der Waals surface area contributed by atoms with Crippen LogP contribution in [0.5, 0.6) is 0 Å². The minimum Gasteiger partial charge on any atom is -0.143 e. The number of halogens is 1. The van der Waals surface area contributed by atoms with Crippen molar-refractivity contribution < 1.29 is 0 Å². The minimum atomic E-state index is 0.118. The molecule has 1 heterocycles. The highest BCUT2D eigenvalue weighted by molar-refractivity contribution is 9.09. The van der Waals surface area contributed by atoms with Crippen LogP contribution < -0.4 is 0 Å². The van der Waals surface area contributed by atoms with E-state index < -0.39 is 0 Å². The Balaban J connectivity index is 2.85. The number of rotatable bonds is 2. The summed E-state index contributed by atoms with van der Waals surface area (Å²) in [6.07, 6.45) is 0. The summed E-state index contributed by atoms with van der Waals surface area (Å²) in [5, 5.41) is 6.91. The average molecular weight is 221 g/mol. The fourth-order valence-corrected chi connectivity index (χ4v) is 1.46. The van der Waals surface area contributed by atoms with Crippen molar-refractivity contribution >= 4 is 27.5 Å². The molecule has 1 rings (SSSR count). The second kappa shape index (κ2) is 2.96. The van der Waals surface area contributed by atoms with Crippen LogP contribution in [0.15, 0.2) is 5.38 Å². The summed E-state index contributed by atoms with van der Waals surface area (Å²) in [6, 6.07) is 0. The van der Waals surface area contributed by atoms with Gasteiger partial charge in [-0.25, -0.2) is 0 Å². The normalized spacial score (nSPS) is 11.9. The second-order valence-electron chi connectivity index (χ2n) is 2.81. The quantitative estimate of drug-likeness (QED) is 0.715. The Hall–Kier alpha value is 0.0400. The van der Waals surface area contributed by atoms with Crippen LogP contribution in [0, 0.1) is 0 Å². The first kappa shape index (κ1) is 8.14. The third kappa shape index (κ3) is 1.55. The molecular weight excluding hydrogens is 212 g/mol. The van der Waals surface area contributed by atoms with Crippen molar-refractivity contribution in [3.8, 4) is 0 Å². The number of aromatic nitrogens is 2. The molecule has 0 fully saturated rings. The molecule has 4 heteroatoms. The molecule has 1 aromatic heterocycles. The van der Waals surface area contributed by atoms with Crippen molar-refractivity contribution in [3.63, 3.8) is 0 Å². The van der Waals surface area contributed by atoms with Gasteiger partial charge in [0, 0.05) is 16.1 Å². The molecule has 0 amide bonds. The lowest BCUT2D eigenvalue weighted by Crippen LogP contribution is -2.19. The number of alkyl halides is 1. The van der Waals surface area contributed by atoms with Crippen molar-refractivity contribution in [2.45, 2.75) is 19.3 Å². The molecular formula is C6H9BrN2S. The molecule has 0 aliphatic carbocycles. The van der Waals surface area contributed by atoms with Gasteiger partial charge in [-0.15, -0.1) is 5.10 Å². The zero-order valence-electron chi connectivity index (χ0n) is 5.97. The lowest BCUT2D eigenvalue weighted by molar-refractivity contribution is 0.582. The van der Waals surface area contributed by atoms with E-state index in [9.17, 15) is 0 Å². The fraction of sp³-hybridized carbons (Fsp3) is 0.667. The Kier molecular flexibility index (Phi) is 2.41. The van der Waals surface area contributed by atoms with Crippen LogP contribution in [0.4, 0.5) is 0 Å². The number of hydrogen-bond donors (Lipinski definition) is 0. The molecule has 0 bridgehead atoms.